The third-order valence-electron chi connectivity index (χ3n) is 6.48. The summed E-state index contributed by atoms with van der Waals surface area (Å²) in [5.41, 5.74) is 3.81. The number of carbonyl (C=O) groups excluding carboxylic acids is 1. The Morgan fingerprint density at radius 2 is 2.00 bits per heavy atom. The van der Waals surface area contributed by atoms with Crippen LogP contribution in [0.4, 0.5) is 22.1 Å². The Bertz CT molecular complexity index is 1260. The molecular weight excluding hydrogens is 607 g/mol. The van der Waals surface area contributed by atoms with E-state index in [2.05, 4.69) is 32.2 Å². The van der Waals surface area contributed by atoms with Gasteiger partial charge in [0.25, 0.3) is 0 Å². The number of anilines is 3. The lowest BCUT2D eigenvalue weighted by Crippen LogP contribution is -2.45. The molecule has 1 saturated heterocycles. The van der Waals surface area contributed by atoms with E-state index in [0.29, 0.717) is 37.3 Å². The number of urea groups is 1. The van der Waals surface area contributed by atoms with Crippen LogP contribution >= 0.6 is 34.5 Å². The molecule has 1 unspecified atom stereocenters. The minimum Gasteiger partial charge on any atom is -0.377 e. The SMILES string of the molecule is CCNC(=O)N(I)c1ccc(-c2nc3c(c(N4CCOCC4C)n2)CCN(c2ccc(Cl)nn2)C3)cc1. The summed E-state index contributed by atoms with van der Waals surface area (Å²) in [6.07, 6.45) is 0.800. The van der Waals surface area contributed by atoms with Crippen molar-refractivity contribution in [2.75, 3.05) is 45.8 Å². The van der Waals surface area contributed by atoms with Crippen molar-refractivity contribution in [3.8, 4) is 11.4 Å². The van der Waals surface area contributed by atoms with E-state index in [4.69, 9.17) is 26.3 Å². The van der Waals surface area contributed by atoms with Gasteiger partial charge in [-0.25, -0.2) is 17.9 Å². The Balaban J connectivity index is 1.50. The summed E-state index contributed by atoms with van der Waals surface area (Å²) < 4.78 is 7.25. The predicted molar refractivity (Wildman–Crippen MR) is 152 cm³/mol. The molecule has 1 fully saturated rings. The number of morpholine rings is 1. The first-order valence-corrected chi connectivity index (χ1v) is 13.6. The lowest BCUT2D eigenvalue weighted by molar-refractivity contribution is 0.0984. The zero-order chi connectivity index (χ0) is 25.9. The van der Waals surface area contributed by atoms with Crippen LogP contribution in [0.1, 0.15) is 25.1 Å². The molecule has 1 atom stereocenters. The van der Waals surface area contributed by atoms with Gasteiger partial charge in [-0.2, -0.15) is 0 Å². The van der Waals surface area contributed by atoms with E-state index in [1.807, 2.05) is 60.1 Å². The van der Waals surface area contributed by atoms with Crippen LogP contribution in [0.5, 0.6) is 0 Å². The van der Waals surface area contributed by atoms with E-state index < -0.39 is 0 Å². The van der Waals surface area contributed by atoms with Gasteiger partial charge in [0.05, 0.1) is 60.0 Å². The first-order valence-electron chi connectivity index (χ1n) is 12.3. The molecule has 194 valence electrons. The smallest absolute Gasteiger partial charge is 0.330 e. The highest BCUT2D eigenvalue weighted by atomic mass is 127. The third-order valence-corrected chi connectivity index (χ3v) is 7.68. The molecule has 10 nitrogen and oxygen atoms in total. The number of nitrogens with one attached hydrogen (secondary N) is 1. The molecule has 2 aliphatic heterocycles. The maximum atomic E-state index is 12.2. The number of carbonyl (C=O) groups is 1. The van der Waals surface area contributed by atoms with Crippen LogP contribution in [-0.2, 0) is 17.7 Å². The van der Waals surface area contributed by atoms with Crippen molar-refractivity contribution in [1.82, 2.24) is 25.5 Å². The van der Waals surface area contributed by atoms with Gasteiger partial charge in [0.15, 0.2) is 16.8 Å². The number of nitrogens with zero attached hydrogens (tertiary/aromatic N) is 7. The fourth-order valence-corrected chi connectivity index (χ4v) is 5.16. The Hall–Kier alpha value is -2.77. The van der Waals surface area contributed by atoms with Crippen LogP contribution in [0, 0.1) is 0 Å². The number of fused-ring (bicyclic) bond motifs is 1. The first kappa shape index (κ1) is 25.9. The molecule has 0 radical (unpaired) electrons. The monoisotopic (exact) mass is 634 g/mol. The Kier molecular flexibility index (Phi) is 7.91. The third kappa shape index (κ3) is 5.58. The van der Waals surface area contributed by atoms with Gasteiger partial charge in [-0.05, 0) is 56.7 Å². The number of ether oxygens (including phenoxy) is 1. The lowest BCUT2D eigenvalue weighted by Gasteiger charge is -2.38. The topological polar surface area (TPSA) is 99.6 Å². The average Bonchev–Trinajstić information content (AvgIpc) is 2.92. The first-order chi connectivity index (χ1) is 17.9. The van der Waals surface area contributed by atoms with E-state index >= 15 is 0 Å². The van der Waals surface area contributed by atoms with Gasteiger partial charge >= 0.3 is 6.03 Å². The Morgan fingerprint density at radius 3 is 2.70 bits per heavy atom. The molecule has 5 rings (SSSR count). The number of hydrogen-bond acceptors (Lipinski definition) is 8. The van der Waals surface area contributed by atoms with E-state index in [0.717, 1.165) is 48.1 Å². The molecule has 2 aliphatic rings. The molecule has 0 bridgehead atoms. The summed E-state index contributed by atoms with van der Waals surface area (Å²) >= 11 is 7.95. The Labute approximate surface area is 234 Å². The number of benzene rings is 1. The molecule has 2 amide bonds. The van der Waals surface area contributed by atoms with Crippen molar-refractivity contribution in [2.24, 2.45) is 0 Å². The largest absolute Gasteiger partial charge is 0.377 e. The van der Waals surface area contributed by atoms with Crippen molar-refractivity contribution >= 4 is 57.8 Å². The number of halogens is 2. The van der Waals surface area contributed by atoms with Gasteiger partial charge in [0.1, 0.15) is 5.82 Å². The summed E-state index contributed by atoms with van der Waals surface area (Å²) in [6.45, 7) is 8.14. The fourth-order valence-electron chi connectivity index (χ4n) is 4.57. The summed E-state index contributed by atoms with van der Waals surface area (Å²) in [5.74, 6) is 2.40. The minimum absolute atomic E-state index is 0.158. The highest BCUT2D eigenvalue weighted by Gasteiger charge is 2.29. The van der Waals surface area contributed by atoms with Gasteiger partial charge in [0.2, 0.25) is 0 Å². The molecule has 0 spiro atoms. The van der Waals surface area contributed by atoms with Gasteiger partial charge in [0, 0.05) is 30.8 Å². The normalized spacial score (nSPS) is 17.4. The van der Waals surface area contributed by atoms with E-state index in [9.17, 15) is 4.79 Å². The molecule has 1 N–H and O–H groups in total. The molecule has 0 aliphatic carbocycles. The second kappa shape index (κ2) is 11.3. The van der Waals surface area contributed by atoms with Crippen molar-refractivity contribution in [3.63, 3.8) is 0 Å². The molecule has 12 heteroatoms. The van der Waals surface area contributed by atoms with Gasteiger partial charge in [-0.1, -0.05) is 11.6 Å². The van der Waals surface area contributed by atoms with Gasteiger partial charge < -0.3 is 19.9 Å². The maximum absolute atomic E-state index is 12.2. The van der Waals surface area contributed by atoms with E-state index in [-0.39, 0.29) is 12.1 Å². The van der Waals surface area contributed by atoms with Gasteiger partial charge in [-0.3, -0.25) is 0 Å². The van der Waals surface area contributed by atoms with Crippen LogP contribution in [0.25, 0.3) is 11.4 Å². The van der Waals surface area contributed by atoms with Crippen molar-refractivity contribution < 1.29 is 9.53 Å². The standard InChI is InChI=1S/C25H28ClIN8O2/c1-3-28-25(36)35(27)18-6-4-17(5-7-18)23-29-20-14-33(22-9-8-21(26)31-32-22)11-10-19(20)24(30-23)34-12-13-37-15-16(34)2/h4-9,16H,3,10-15H2,1-2H3,(H,28,36). The summed E-state index contributed by atoms with van der Waals surface area (Å²) in [4.78, 5) is 26.8. The van der Waals surface area contributed by atoms with Crippen LogP contribution in [-0.4, -0.2) is 65.1 Å². The zero-order valence-corrected chi connectivity index (χ0v) is 23.6. The number of aromatic nitrogens is 4. The maximum Gasteiger partial charge on any atom is 0.330 e. The number of amides is 2. The summed E-state index contributed by atoms with van der Waals surface area (Å²) in [6, 6.07) is 11.4. The van der Waals surface area contributed by atoms with Crippen LogP contribution < -0.4 is 18.2 Å². The van der Waals surface area contributed by atoms with Crippen molar-refractivity contribution in [3.05, 3.63) is 52.8 Å². The van der Waals surface area contributed by atoms with Crippen molar-refractivity contribution in [2.45, 2.75) is 32.9 Å². The Morgan fingerprint density at radius 1 is 1.19 bits per heavy atom. The summed E-state index contributed by atoms with van der Waals surface area (Å²) in [7, 11) is 0. The van der Waals surface area contributed by atoms with E-state index in [1.165, 1.54) is 5.56 Å². The van der Waals surface area contributed by atoms with Crippen molar-refractivity contribution in [1.29, 1.82) is 0 Å². The highest BCUT2D eigenvalue weighted by Crippen LogP contribution is 2.33. The van der Waals surface area contributed by atoms with Gasteiger partial charge in [-0.15, -0.1) is 10.2 Å². The molecule has 4 heterocycles. The number of rotatable bonds is 5. The second-order valence-corrected chi connectivity index (χ2v) is 10.3. The average molecular weight is 635 g/mol. The van der Waals surface area contributed by atoms with Crippen LogP contribution in [0.2, 0.25) is 5.15 Å². The fraction of sp³-hybridized carbons (Fsp3) is 0.400. The predicted octanol–water partition coefficient (Wildman–Crippen LogP) is 4.26. The van der Waals surface area contributed by atoms with Crippen LogP contribution in [0.15, 0.2) is 36.4 Å². The molecule has 2 aromatic heterocycles. The molecule has 37 heavy (non-hydrogen) atoms. The molecule has 0 saturated carbocycles. The molecular formula is C25H28ClIN8O2. The quantitative estimate of drug-likeness (QED) is 0.329. The molecule has 3 aromatic rings. The zero-order valence-electron chi connectivity index (χ0n) is 20.7. The summed E-state index contributed by atoms with van der Waals surface area (Å²) in [5, 5.41) is 11.5. The highest BCUT2D eigenvalue weighted by molar-refractivity contribution is 14.1. The minimum atomic E-state index is -0.158. The second-order valence-electron chi connectivity index (χ2n) is 8.96. The lowest BCUT2D eigenvalue weighted by atomic mass is 10.0. The molecule has 1 aromatic carbocycles. The van der Waals surface area contributed by atoms with Crippen LogP contribution in [0.3, 0.4) is 0 Å². The number of hydrogen-bond donors (Lipinski definition) is 1. The van der Waals surface area contributed by atoms with E-state index in [1.54, 1.807) is 9.18 Å².